The monoisotopic (exact) mass is 282 g/mol. The van der Waals surface area contributed by atoms with E-state index >= 15 is 0 Å². The van der Waals surface area contributed by atoms with Crippen molar-refractivity contribution in [3.8, 4) is 5.75 Å². The minimum Gasteiger partial charge on any atom is -0.484 e. The third kappa shape index (κ3) is 5.07. The topological polar surface area (TPSA) is 68.8 Å². The zero-order valence-electron chi connectivity index (χ0n) is 12.3. The third-order valence-corrected chi connectivity index (χ3v) is 2.75. The maximum Gasteiger partial charge on any atom is 0.257 e. The van der Waals surface area contributed by atoms with Crippen molar-refractivity contribution >= 4 is 11.6 Å². The van der Waals surface area contributed by atoms with Crippen LogP contribution in [0, 0.1) is 0 Å². The number of rotatable bonds is 8. The van der Waals surface area contributed by atoms with Gasteiger partial charge in [0.1, 0.15) is 5.75 Å². The second kappa shape index (κ2) is 8.39. The first-order valence-corrected chi connectivity index (χ1v) is 6.36. The second-order valence-corrected chi connectivity index (χ2v) is 4.26. The van der Waals surface area contributed by atoms with Crippen molar-refractivity contribution in [1.82, 2.24) is 5.32 Å². The van der Waals surface area contributed by atoms with Crippen LogP contribution in [0.3, 0.4) is 0 Å². The molecule has 20 heavy (non-hydrogen) atoms. The number of carbonyl (C=O) groups is 1. The van der Waals surface area contributed by atoms with E-state index in [0.717, 1.165) is 5.69 Å². The zero-order chi connectivity index (χ0) is 15.0. The molecule has 0 spiro atoms. The van der Waals surface area contributed by atoms with Gasteiger partial charge in [-0.1, -0.05) is 6.07 Å². The van der Waals surface area contributed by atoms with Crippen LogP contribution in [0.1, 0.15) is 6.92 Å². The van der Waals surface area contributed by atoms with E-state index in [1.165, 1.54) is 0 Å². The van der Waals surface area contributed by atoms with Gasteiger partial charge in [0.05, 0.1) is 6.04 Å². The predicted molar refractivity (Wildman–Crippen MR) is 76.9 cm³/mol. The number of hydrogen-bond donors (Lipinski definition) is 2. The van der Waals surface area contributed by atoms with Gasteiger partial charge in [0.25, 0.3) is 5.91 Å². The highest BCUT2D eigenvalue weighted by Crippen LogP contribution is 2.19. The van der Waals surface area contributed by atoms with Crippen molar-refractivity contribution in [1.29, 1.82) is 0 Å². The Morgan fingerprint density at radius 1 is 1.30 bits per heavy atom. The lowest BCUT2D eigenvalue weighted by Gasteiger charge is -2.23. The Morgan fingerprint density at radius 3 is 2.60 bits per heavy atom. The molecule has 0 aliphatic carbocycles. The number of nitrogens with one attached hydrogen (secondary N) is 2. The van der Waals surface area contributed by atoms with Gasteiger partial charge in [-0.05, 0) is 19.1 Å². The molecule has 0 aliphatic heterocycles. The SMILES string of the molecule is CNC(=O)COc1cccc(NC(C)C(OC)OC)c1. The largest absolute Gasteiger partial charge is 0.484 e. The summed E-state index contributed by atoms with van der Waals surface area (Å²) in [6.07, 6.45) is -0.342. The van der Waals surface area contributed by atoms with Crippen LogP contribution < -0.4 is 15.4 Å². The van der Waals surface area contributed by atoms with Crippen LogP contribution in [0.4, 0.5) is 5.69 Å². The standard InChI is InChI=1S/C14H22N2O4/c1-10(14(18-3)19-4)16-11-6-5-7-12(8-11)20-9-13(17)15-2/h5-8,10,14,16H,9H2,1-4H3,(H,15,17). The molecule has 1 unspecified atom stereocenters. The van der Waals surface area contributed by atoms with Crippen LogP contribution in [0.5, 0.6) is 5.75 Å². The molecule has 1 aromatic carbocycles. The van der Waals surface area contributed by atoms with Crippen LogP contribution >= 0.6 is 0 Å². The zero-order valence-corrected chi connectivity index (χ0v) is 12.3. The highest BCUT2D eigenvalue weighted by Gasteiger charge is 2.15. The molecule has 0 fully saturated rings. The molecule has 2 N–H and O–H groups in total. The molecule has 0 aliphatic rings. The van der Waals surface area contributed by atoms with Gasteiger partial charge in [0.15, 0.2) is 12.9 Å². The number of benzene rings is 1. The van der Waals surface area contributed by atoms with Crippen LogP contribution in [-0.2, 0) is 14.3 Å². The van der Waals surface area contributed by atoms with Gasteiger partial charge in [-0.2, -0.15) is 0 Å². The molecule has 112 valence electrons. The van der Waals surface area contributed by atoms with Crippen molar-refractivity contribution in [2.75, 3.05) is 33.2 Å². The molecule has 6 heteroatoms. The van der Waals surface area contributed by atoms with E-state index in [1.54, 1.807) is 27.3 Å². The van der Waals surface area contributed by atoms with Crippen molar-refractivity contribution in [2.45, 2.75) is 19.3 Å². The fourth-order valence-corrected chi connectivity index (χ4v) is 1.73. The highest BCUT2D eigenvalue weighted by atomic mass is 16.7. The van der Waals surface area contributed by atoms with Crippen LogP contribution in [-0.4, -0.2) is 46.1 Å². The first-order chi connectivity index (χ1) is 9.60. The molecule has 1 aromatic rings. The molecule has 0 saturated carbocycles. The minimum absolute atomic E-state index is 0.00568. The van der Waals surface area contributed by atoms with E-state index in [-0.39, 0.29) is 24.8 Å². The lowest BCUT2D eigenvalue weighted by atomic mass is 10.2. The quantitative estimate of drug-likeness (QED) is 0.702. The van der Waals surface area contributed by atoms with Gasteiger partial charge in [0, 0.05) is 33.0 Å². The summed E-state index contributed by atoms with van der Waals surface area (Å²) in [7, 11) is 4.76. The van der Waals surface area contributed by atoms with Crippen molar-refractivity contribution in [3.05, 3.63) is 24.3 Å². The average Bonchev–Trinajstić information content (AvgIpc) is 2.46. The Labute approximate surface area is 119 Å². The first-order valence-electron chi connectivity index (χ1n) is 6.36. The fraction of sp³-hybridized carbons (Fsp3) is 0.500. The Morgan fingerprint density at radius 2 is 2.00 bits per heavy atom. The molecule has 6 nitrogen and oxygen atoms in total. The predicted octanol–water partition coefficient (Wildman–Crippen LogP) is 1.23. The summed E-state index contributed by atoms with van der Waals surface area (Å²) in [6.45, 7) is 1.95. The normalized spacial score (nSPS) is 12.1. The summed E-state index contributed by atoms with van der Waals surface area (Å²) in [5.74, 6) is 0.452. The van der Waals surface area contributed by atoms with E-state index in [0.29, 0.717) is 5.75 Å². The van der Waals surface area contributed by atoms with Crippen LogP contribution in [0.15, 0.2) is 24.3 Å². The number of carbonyl (C=O) groups excluding carboxylic acids is 1. The third-order valence-electron chi connectivity index (χ3n) is 2.75. The maximum absolute atomic E-state index is 11.1. The fourth-order valence-electron chi connectivity index (χ4n) is 1.73. The number of likely N-dealkylation sites (N-methyl/N-ethyl adjacent to an activating group) is 1. The number of anilines is 1. The Kier molecular flexibility index (Phi) is 6.83. The number of amides is 1. The minimum atomic E-state index is -0.342. The second-order valence-electron chi connectivity index (χ2n) is 4.26. The van der Waals surface area contributed by atoms with Crippen molar-refractivity contribution in [3.63, 3.8) is 0 Å². The van der Waals surface area contributed by atoms with Gasteiger partial charge in [0.2, 0.25) is 0 Å². The smallest absolute Gasteiger partial charge is 0.257 e. The van der Waals surface area contributed by atoms with Gasteiger partial charge in [-0.3, -0.25) is 4.79 Å². The average molecular weight is 282 g/mol. The lowest BCUT2D eigenvalue weighted by molar-refractivity contribution is -0.122. The van der Waals surface area contributed by atoms with E-state index in [1.807, 2.05) is 25.1 Å². The molecule has 1 amide bonds. The summed E-state index contributed by atoms with van der Waals surface area (Å²) in [4.78, 5) is 11.1. The van der Waals surface area contributed by atoms with E-state index in [9.17, 15) is 4.79 Å². The Bertz CT molecular complexity index is 421. The highest BCUT2D eigenvalue weighted by molar-refractivity contribution is 5.77. The molecule has 0 aromatic heterocycles. The summed E-state index contributed by atoms with van der Waals surface area (Å²) in [5.41, 5.74) is 0.867. The number of methoxy groups -OCH3 is 2. The van der Waals surface area contributed by atoms with E-state index in [2.05, 4.69) is 10.6 Å². The number of ether oxygens (including phenoxy) is 3. The molecular formula is C14H22N2O4. The van der Waals surface area contributed by atoms with Gasteiger partial charge >= 0.3 is 0 Å². The Hall–Kier alpha value is -1.79. The van der Waals surface area contributed by atoms with Crippen molar-refractivity contribution < 1.29 is 19.0 Å². The molecule has 0 bridgehead atoms. The maximum atomic E-state index is 11.1. The first kappa shape index (κ1) is 16.3. The summed E-state index contributed by atoms with van der Waals surface area (Å²) in [5, 5.41) is 5.75. The molecule has 0 radical (unpaired) electrons. The molecular weight excluding hydrogens is 260 g/mol. The summed E-state index contributed by atoms with van der Waals surface area (Å²) < 4.78 is 15.8. The molecule has 1 atom stereocenters. The molecule has 0 heterocycles. The van der Waals surface area contributed by atoms with Crippen LogP contribution in [0.2, 0.25) is 0 Å². The van der Waals surface area contributed by atoms with Gasteiger partial charge in [-0.25, -0.2) is 0 Å². The van der Waals surface area contributed by atoms with E-state index < -0.39 is 0 Å². The van der Waals surface area contributed by atoms with Gasteiger partial charge in [-0.15, -0.1) is 0 Å². The van der Waals surface area contributed by atoms with Gasteiger partial charge < -0.3 is 24.8 Å². The summed E-state index contributed by atoms with van der Waals surface area (Å²) in [6, 6.07) is 7.35. The Balaban J connectivity index is 2.61. The van der Waals surface area contributed by atoms with Crippen LogP contribution in [0.25, 0.3) is 0 Å². The van der Waals surface area contributed by atoms with E-state index in [4.69, 9.17) is 14.2 Å². The molecule has 1 rings (SSSR count). The molecule has 0 saturated heterocycles. The lowest BCUT2D eigenvalue weighted by Crippen LogP contribution is -2.33. The van der Waals surface area contributed by atoms with Crippen molar-refractivity contribution in [2.24, 2.45) is 0 Å². The summed E-state index contributed by atoms with van der Waals surface area (Å²) >= 11 is 0. The number of hydrogen-bond acceptors (Lipinski definition) is 5.